The SMILES string of the molecule is C=S1(=O)CCN(C2CCN(C(=O)[C@H](C)Cc3ccc(O)c(Br)c3)CC2)CC1.COC(=O)N1CCC(N2CCc3ccccc3NC2=O)CC1. The number of urea groups is 1. The third kappa shape index (κ3) is 9.70. The van der Waals surface area contributed by atoms with Crippen LogP contribution in [0, 0.1) is 5.92 Å². The number of phenols is 1. The Hall–Kier alpha value is -3.29. The predicted octanol–water partition coefficient (Wildman–Crippen LogP) is 4.66. The van der Waals surface area contributed by atoms with Crippen molar-refractivity contribution < 1.29 is 28.4 Å². The Kier molecular flexibility index (Phi) is 12.5. The van der Waals surface area contributed by atoms with E-state index in [9.17, 15) is 23.7 Å². The molecule has 4 aliphatic rings. The number of nitrogens with one attached hydrogen (secondary N) is 1. The molecule has 2 aromatic rings. The Labute approximate surface area is 299 Å². The minimum absolute atomic E-state index is 0.0403. The molecule has 1 atom stereocenters. The van der Waals surface area contributed by atoms with Crippen LogP contribution in [0.4, 0.5) is 15.3 Å². The van der Waals surface area contributed by atoms with E-state index in [1.807, 2.05) is 47.1 Å². The minimum atomic E-state index is -1.85. The van der Waals surface area contributed by atoms with Crippen LogP contribution < -0.4 is 5.32 Å². The number of hydrogen-bond donors (Lipinski definition) is 2. The monoisotopic (exact) mass is 759 g/mol. The quantitative estimate of drug-likeness (QED) is 0.426. The van der Waals surface area contributed by atoms with Crippen molar-refractivity contribution in [3.05, 3.63) is 58.1 Å². The van der Waals surface area contributed by atoms with Crippen molar-refractivity contribution in [1.29, 1.82) is 0 Å². The van der Waals surface area contributed by atoms with E-state index in [-0.39, 0.29) is 35.7 Å². The van der Waals surface area contributed by atoms with E-state index in [1.54, 1.807) is 11.0 Å². The number of rotatable bonds is 5. The highest BCUT2D eigenvalue weighted by Gasteiger charge is 2.32. The molecule has 0 saturated carbocycles. The van der Waals surface area contributed by atoms with Crippen LogP contribution in [0.3, 0.4) is 0 Å². The number of piperidine rings is 2. The van der Waals surface area contributed by atoms with Gasteiger partial charge in [0, 0.05) is 81.0 Å². The Bertz CT molecular complexity index is 1580. The molecule has 0 bridgehead atoms. The maximum atomic E-state index is 12.8. The maximum Gasteiger partial charge on any atom is 0.409 e. The summed E-state index contributed by atoms with van der Waals surface area (Å²) in [4.78, 5) is 44.8. The topological polar surface area (TPSA) is 123 Å². The second-order valence-corrected chi connectivity index (χ2v) is 17.2. The number of benzene rings is 2. The van der Waals surface area contributed by atoms with Crippen molar-refractivity contribution in [2.45, 2.75) is 57.5 Å². The van der Waals surface area contributed by atoms with Crippen molar-refractivity contribution in [2.75, 3.05) is 69.7 Å². The first-order chi connectivity index (χ1) is 23.4. The van der Waals surface area contributed by atoms with Gasteiger partial charge in [-0.3, -0.25) is 13.9 Å². The molecular formula is C36H50BrN5O6S. The first-order valence-corrected chi connectivity index (χ1v) is 20.1. The van der Waals surface area contributed by atoms with Gasteiger partial charge in [0.25, 0.3) is 0 Å². The Morgan fingerprint density at radius 1 is 0.980 bits per heavy atom. The van der Waals surface area contributed by atoms with Gasteiger partial charge < -0.3 is 29.9 Å². The highest BCUT2D eigenvalue weighted by molar-refractivity contribution is 9.10. The summed E-state index contributed by atoms with van der Waals surface area (Å²) in [6.45, 7) is 7.28. The van der Waals surface area contributed by atoms with Crippen molar-refractivity contribution >= 4 is 55.0 Å². The van der Waals surface area contributed by atoms with Crippen LogP contribution in [0.25, 0.3) is 0 Å². The summed E-state index contributed by atoms with van der Waals surface area (Å²) in [5.41, 5.74) is 3.12. The number of likely N-dealkylation sites (tertiary alicyclic amines) is 2. The van der Waals surface area contributed by atoms with Gasteiger partial charge in [-0.05, 0) is 99.2 Å². The second-order valence-electron chi connectivity index (χ2n) is 13.6. The molecule has 49 heavy (non-hydrogen) atoms. The van der Waals surface area contributed by atoms with Gasteiger partial charge in [0.1, 0.15) is 5.75 Å². The third-order valence-corrected chi connectivity index (χ3v) is 12.7. The van der Waals surface area contributed by atoms with Crippen molar-refractivity contribution in [3.63, 3.8) is 0 Å². The van der Waals surface area contributed by atoms with Crippen molar-refractivity contribution in [3.8, 4) is 5.75 Å². The zero-order valence-corrected chi connectivity index (χ0v) is 31.1. The lowest BCUT2D eigenvalue weighted by atomic mass is 9.97. The highest BCUT2D eigenvalue weighted by Crippen LogP contribution is 2.27. The first-order valence-electron chi connectivity index (χ1n) is 17.3. The normalized spacial score (nSPS) is 21.0. The number of halogens is 1. The minimum Gasteiger partial charge on any atom is -0.507 e. The number of para-hydroxylation sites is 1. The van der Waals surface area contributed by atoms with Crippen LogP contribution in [-0.2, 0) is 31.9 Å². The number of nitrogens with zero attached hydrogens (tertiary/aromatic N) is 4. The molecule has 0 aromatic heterocycles. The molecule has 268 valence electrons. The maximum absolute atomic E-state index is 12.8. The lowest BCUT2D eigenvalue weighted by Gasteiger charge is -2.41. The summed E-state index contributed by atoms with van der Waals surface area (Å²) in [6, 6.07) is 14.0. The van der Waals surface area contributed by atoms with Gasteiger partial charge in [-0.15, -0.1) is 0 Å². The average molecular weight is 761 g/mol. The molecule has 13 heteroatoms. The van der Waals surface area contributed by atoms with Gasteiger partial charge >= 0.3 is 12.1 Å². The highest BCUT2D eigenvalue weighted by atomic mass is 79.9. The summed E-state index contributed by atoms with van der Waals surface area (Å²) in [5, 5.41) is 12.6. The number of hydrogen-bond acceptors (Lipinski definition) is 7. The first kappa shape index (κ1) is 37.0. The van der Waals surface area contributed by atoms with Crippen LogP contribution in [0.5, 0.6) is 5.75 Å². The predicted molar refractivity (Wildman–Crippen MR) is 198 cm³/mol. The molecule has 2 N–H and O–H groups in total. The molecule has 0 unspecified atom stereocenters. The van der Waals surface area contributed by atoms with E-state index in [0.29, 0.717) is 48.1 Å². The van der Waals surface area contributed by atoms with Gasteiger partial charge in [0.05, 0.1) is 11.6 Å². The largest absolute Gasteiger partial charge is 0.507 e. The molecule has 0 spiro atoms. The zero-order valence-electron chi connectivity index (χ0n) is 28.7. The third-order valence-electron chi connectivity index (χ3n) is 10.2. The summed E-state index contributed by atoms with van der Waals surface area (Å²) < 4.78 is 17.4. The Morgan fingerprint density at radius 3 is 2.27 bits per heavy atom. The molecule has 4 amide bonds. The van der Waals surface area contributed by atoms with Crippen molar-refractivity contribution in [2.24, 2.45) is 5.92 Å². The van der Waals surface area contributed by atoms with E-state index in [2.05, 4.69) is 38.1 Å². The number of carbonyl (C=O) groups excluding carboxylic acids is 3. The molecule has 3 fully saturated rings. The fourth-order valence-corrected chi connectivity index (χ4v) is 9.02. The van der Waals surface area contributed by atoms with Crippen molar-refractivity contribution in [1.82, 2.24) is 19.6 Å². The fraction of sp³-hybridized carbons (Fsp3) is 0.556. The van der Waals surface area contributed by atoms with Crippen LogP contribution in [-0.4, -0.2) is 129 Å². The zero-order chi connectivity index (χ0) is 35.1. The van der Waals surface area contributed by atoms with Gasteiger partial charge in [0.2, 0.25) is 5.91 Å². The number of carbonyl (C=O) groups is 3. The molecule has 6 rings (SSSR count). The number of aromatic hydroxyl groups is 1. The number of methoxy groups -OCH3 is 1. The smallest absolute Gasteiger partial charge is 0.409 e. The number of phenolic OH excluding ortho intramolecular Hbond substituents is 1. The molecule has 0 radical (unpaired) electrons. The summed E-state index contributed by atoms with van der Waals surface area (Å²) in [5.74, 6) is 5.58. The second kappa shape index (κ2) is 16.6. The standard InChI is InChI=1S/C20H29BrN2O3S.C16H21N3O3/c1-15(13-16-3-4-19(24)18(21)14-16)20(25)23-7-5-17(6-8-23)22-9-11-27(2,26)12-10-22;1-22-16(21)18-9-7-13(8-10-18)19-11-6-12-4-2-3-5-14(12)17-15(19)20/h3-4,14-15,17,24H,2,5-13H2,1H3;2-5,13H,6-11H2,1H3,(H,17,20)/t15-;/m1./s1. The molecule has 4 aliphatic heterocycles. The van der Waals surface area contributed by atoms with E-state index >= 15 is 0 Å². The average Bonchev–Trinajstić information content (AvgIpc) is 3.27. The van der Waals surface area contributed by atoms with Gasteiger partial charge in [-0.1, -0.05) is 31.2 Å². The van der Waals surface area contributed by atoms with E-state index < -0.39 is 9.52 Å². The van der Waals surface area contributed by atoms with Crippen LogP contribution in [0.2, 0.25) is 0 Å². The molecule has 11 nitrogen and oxygen atoms in total. The number of amides is 4. The van der Waals surface area contributed by atoms with Gasteiger partial charge in [-0.2, -0.15) is 0 Å². The van der Waals surface area contributed by atoms with E-state index in [0.717, 1.165) is 69.5 Å². The Balaban J connectivity index is 0.000000195. The summed E-state index contributed by atoms with van der Waals surface area (Å²) in [7, 11) is -0.454. The number of ether oxygens (including phenoxy) is 1. The van der Waals surface area contributed by atoms with Crippen LogP contribution in [0.1, 0.15) is 43.7 Å². The Morgan fingerprint density at radius 2 is 1.61 bits per heavy atom. The number of fused-ring (bicyclic) bond motifs is 1. The molecule has 2 aromatic carbocycles. The lowest BCUT2D eigenvalue weighted by Crippen LogP contribution is -2.51. The lowest BCUT2D eigenvalue weighted by molar-refractivity contribution is -0.136. The molecule has 0 aliphatic carbocycles. The van der Waals surface area contributed by atoms with E-state index in [4.69, 9.17) is 4.74 Å². The van der Waals surface area contributed by atoms with Gasteiger partial charge in [-0.25, -0.2) is 9.59 Å². The summed E-state index contributed by atoms with van der Waals surface area (Å²) in [6.07, 6.45) is 4.79. The molecule has 4 heterocycles. The van der Waals surface area contributed by atoms with Crippen LogP contribution >= 0.6 is 15.9 Å². The number of anilines is 1. The molecular weight excluding hydrogens is 710 g/mol. The fourth-order valence-electron chi connectivity index (χ4n) is 7.25. The summed E-state index contributed by atoms with van der Waals surface area (Å²) >= 11 is 3.33. The molecule has 3 saturated heterocycles. The van der Waals surface area contributed by atoms with Crippen LogP contribution in [0.15, 0.2) is 46.9 Å². The van der Waals surface area contributed by atoms with E-state index in [1.165, 1.54) is 12.7 Å². The van der Waals surface area contributed by atoms with Gasteiger partial charge in [0.15, 0.2) is 0 Å².